The van der Waals surface area contributed by atoms with Gasteiger partial charge in [-0.25, -0.2) is 0 Å². The van der Waals surface area contributed by atoms with Crippen LogP contribution in [0.3, 0.4) is 0 Å². The number of amides is 2. The zero-order valence-corrected chi connectivity index (χ0v) is 18.7. The Balaban J connectivity index is 1.56. The summed E-state index contributed by atoms with van der Waals surface area (Å²) >= 11 is 0. The molecule has 166 valence electrons. The molecule has 0 heterocycles. The van der Waals surface area contributed by atoms with Gasteiger partial charge in [0.15, 0.2) is 0 Å². The van der Waals surface area contributed by atoms with Crippen molar-refractivity contribution in [3.05, 3.63) is 71.3 Å². The van der Waals surface area contributed by atoms with Crippen molar-refractivity contribution in [3.8, 4) is 0 Å². The maximum absolute atomic E-state index is 12.8. The molecular formula is C26H35N3O2. The van der Waals surface area contributed by atoms with E-state index in [9.17, 15) is 9.59 Å². The van der Waals surface area contributed by atoms with Crippen LogP contribution < -0.4 is 11.1 Å². The fourth-order valence-electron chi connectivity index (χ4n) is 4.24. The molecule has 0 aliphatic heterocycles. The number of rotatable bonds is 11. The Kier molecular flexibility index (Phi) is 8.24. The Hall–Kier alpha value is -2.66. The molecule has 31 heavy (non-hydrogen) atoms. The van der Waals surface area contributed by atoms with E-state index >= 15 is 0 Å². The second kappa shape index (κ2) is 11.1. The molecule has 2 atom stereocenters. The average Bonchev–Trinajstić information content (AvgIpc) is 2.73. The molecule has 3 N–H and O–H groups in total. The number of primary amides is 1. The number of carbonyl (C=O) groups excluding carboxylic acids is 2. The Bertz CT molecular complexity index is 845. The lowest BCUT2D eigenvalue weighted by Crippen LogP contribution is -2.42. The molecule has 5 nitrogen and oxygen atoms in total. The van der Waals surface area contributed by atoms with Crippen LogP contribution in [0.25, 0.3) is 0 Å². The van der Waals surface area contributed by atoms with Gasteiger partial charge >= 0.3 is 0 Å². The molecule has 1 saturated carbocycles. The summed E-state index contributed by atoms with van der Waals surface area (Å²) in [5, 5.41) is 3.17. The zero-order chi connectivity index (χ0) is 22.2. The molecule has 2 aromatic rings. The van der Waals surface area contributed by atoms with Crippen molar-refractivity contribution in [1.29, 1.82) is 0 Å². The van der Waals surface area contributed by atoms with E-state index in [2.05, 4.69) is 34.5 Å². The predicted octanol–water partition coefficient (Wildman–Crippen LogP) is 3.74. The molecule has 1 aliphatic carbocycles. The van der Waals surface area contributed by atoms with Gasteiger partial charge in [-0.15, -0.1) is 0 Å². The van der Waals surface area contributed by atoms with Crippen LogP contribution in [-0.2, 0) is 11.2 Å². The van der Waals surface area contributed by atoms with Gasteiger partial charge in [0, 0.05) is 24.6 Å². The van der Waals surface area contributed by atoms with Gasteiger partial charge in [0.25, 0.3) is 0 Å². The number of nitrogens with two attached hydrogens (primary N) is 1. The summed E-state index contributed by atoms with van der Waals surface area (Å²) in [4.78, 5) is 26.2. The SMILES string of the molecule is CN(C)C(CNC(=O)CC(CC1CCC1)c1ccccc1)Cc1ccc(C(N)=O)cc1. The maximum atomic E-state index is 12.8. The molecule has 2 unspecified atom stereocenters. The normalized spacial score (nSPS) is 15.8. The van der Waals surface area contributed by atoms with E-state index in [1.165, 1.54) is 24.8 Å². The summed E-state index contributed by atoms with van der Waals surface area (Å²) < 4.78 is 0. The second-order valence-corrected chi connectivity index (χ2v) is 9.03. The minimum Gasteiger partial charge on any atom is -0.366 e. The quantitative estimate of drug-likeness (QED) is 0.580. The molecule has 0 saturated heterocycles. The first kappa shape index (κ1) is 23.0. The third-order valence-corrected chi connectivity index (χ3v) is 6.52. The van der Waals surface area contributed by atoms with E-state index < -0.39 is 5.91 Å². The Labute approximate surface area is 186 Å². The van der Waals surface area contributed by atoms with E-state index in [1.54, 1.807) is 12.1 Å². The Morgan fingerprint density at radius 2 is 1.74 bits per heavy atom. The number of carbonyl (C=O) groups is 2. The first-order chi connectivity index (χ1) is 14.9. The van der Waals surface area contributed by atoms with Crippen LogP contribution in [0.1, 0.15) is 59.5 Å². The van der Waals surface area contributed by atoms with Crippen molar-refractivity contribution in [3.63, 3.8) is 0 Å². The smallest absolute Gasteiger partial charge is 0.248 e. The first-order valence-corrected chi connectivity index (χ1v) is 11.3. The summed E-state index contributed by atoms with van der Waals surface area (Å²) in [5.41, 5.74) is 8.22. The van der Waals surface area contributed by atoms with E-state index in [0.29, 0.717) is 18.5 Å². The van der Waals surface area contributed by atoms with Gasteiger partial charge in [0.1, 0.15) is 0 Å². The van der Waals surface area contributed by atoms with Crippen LogP contribution in [0.5, 0.6) is 0 Å². The number of hydrogen-bond donors (Lipinski definition) is 2. The number of benzene rings is 2. The van der Waals surface area contributed by atoms with Crippen LogP contribution in [0, 0.1) is 5.92 Å². The third kappa shape index (κ3) is 6.93. The lowest BCUT2D eigenvalue weighted by Gasteiger charge is -2.30. The molecule has 2 aromatic carbocycles. The fraction of sp³-hybridized carbons (Fsp3) is 0.462. The summed E-state index contributed by atoms with van der Waals surface area (Å²) in [6.45, 7) is 0.592. The van der Waals surface area contributed by atoms with Crippen molar-refractivity contribution in [2.24, 2.45) is 11.7 Å². The number of likely N-dealkylation sites (N-methyl/N-ethyl adjacent to an activating group) is 1. The molecule has 0 bridgehead atoms. The molecule has 2 amide bonds. The van der Waals surface area contributed by atoms with Crippen LogP contribution >= 0.6 is 0 Å². The van der Waals surface area contributed by atoms with Crippen LogP contribution in [0.15, 0.2) is 54.6 Å². The highest BCUT2D eigenvalue weighted by molar-refractivity contribution is 5.92. The van der Waals surface area contributed by atoms with Crippen molar-refractivity contribution in [2.45, 2.75) is 50.5 Å². The molecule has 0 spiro atoms. The molecular weight excluding hydrogens is 386 g/mol. The van der Waals surface area contributed by atoms with Crippen LogP contribution in [0.2, 0.25) is 0 Å². The molecule has 0 radical (unpaired) electrons. The Morgan fingerprint density at radius 1 is 1.06 bits per heavy atom. The lowest BCUT2D eigenvalue weighted by molar-refractivity contribution is -0.121. The number of hydrogen-bond acceptors (Lipinski definition) is 3. The molecule has 1 aliphatic rings. The molecule has 0 aromatic heterocycles. The Morgan fingerprint density at radius 3 is 2.29 bits per heavy atom. The largest absolute Gasteiger partial charge is 0.366 e. The average molecular weight is 422 g/mol. The van der Waals surface area contributed by atoms with Gasteiger partial charge in [-0.1, -0.05) is 61.7 Å². The summed E-state index contributed by atoms with van der Waals surface area (Å²) in [6, 6.07) is 18.0. The topological polar surface area (TPSA) is 75.4 Å². The second-order valence-electron chi connectivity index (χ2n) is 9.03. The van der Waals surface area contributed by atoms with Crippen molar-refractivity contribution < 1.29 is 9.59 Å². The molecule has 1 fully saturated rings. The minimum absolute atomic E-state index is 0.115. The van der Waals surface area contributed by atoms with Gasteiger partial charge in [-0.3, -0.25) is 9.59 Å². The zero-order valence-electron chi connectivity index (χ0n) is 18.7. The minimum atomic E-state index is -0.419. The van der Waals surface area contributed by atoms with E-state index in [1.807, 2.05) is 32.3 Å². The third-order valence-electron chi connectivity index (χ3n) is 6.52. The fourth-order valence-corrected chi connectivity index (χ4v) is 4.24. The molecule has 3 rings (SSSR count). The van der Waals surface area contributed by atoms with Gasteiger partial charge in [-0.05, 0) is 62.0 Å². The van der Waals surface area contributed by atoms with Crippen molar-refractivity contribution >= 4 is 11.8 Å². The van der Waals surface area contributed by atoms with E-state index in [-0.39, 0.29) is 17.9 Å². The first-order valence-electron chi connectivity index (χ1n) is 11.3. The number of nitrogens with zero attached hydrogens (tertiary/aromatic N) is 1. The highest BCUT2D eigenvalue weighted by Crippen LogP contribution is 2.37. The summed E-state index contributed by atoms with van der Waals surface area (Å²) in [5.74, 6) is 0.739. The highest BCUT2D eigenvalue weighted by Gasteiger charge is 2.25. The summed E-state index contributed by atoms with van der Waals surface area (Å²) in [6.07, 6.45) is 6.33. The van der Waals surface area contributed by atoms with Gasteiger partial charge < -0.3 is 16.0 Å². The highest BCUT2D eigenvalue weighted by atomic mass is 16.1. The number of nitrogens with one attached hydrogen (secondary N) is 1. The van der Waals surface area contributed by atoms with Gasteiger partial charge in [0.05, 0.1) is 0 Å². The maximum Gasteiger partial charge on any atom is 0.248 e. The van der Waals surface area contributed by atoms with Crippen molar-refractivity contribution in [2.75, 3.05) is 20.6 Å². The van der Waals surface area contributed by atoms with Crippen molar-refractivity contribution in [1.82, 2.24) is 10.2 Å². The molecule has 5 heteroatoms. The lowest BCUT2D eigenvalue weighted by atomic mass is 9.76. The van der Waals surface area contributed by atoms with E-state index in [4.69, 9.17) is 5.73 Å². The van der Waals surface area contributed by atoms with Gasteiger partial charge in [-0.2, -0.15) is 0 Å². The summed E-state index contributed by atoms with van der Waals surface area (Å²) in [7, 11) is 4.05. The van der Waals surface area contributed by atoms with Crippen LogP contribution in [-0.4, -0.2) is 43.4 Å². The monoisotopic (exact) mass is 421 g/mol. The van der Waals surface area contributed by atoms with Crippen LogP contribution in [0.4, 0.5) is 0 Å². The predicted molar refractivity (Wildman–Crippen MR) is 125 cm³/mol. The van der Waals surface area contributed by atoms with Gasteiger partial charge in [0.2, 0.25) is 11.8 Å². The van der Waals surface area contributed by atoms with E-state index in [0.717, 1.165) is 24.3 Å². The standard InChI is InChI=1S/C26H35N3O2/c1-29(2)24(16-20-11-13-22(14-12-20)26(27)31)18-28-25(30)17-23(15-19-7-6-8-19)21-9-4-3-5-10-21/h3-5,9-14,19,23-24H,6-8,15-18H2,1-2H3,(H2,27,31)(H,28,30).